The van der Waals surface area contributed by atoms with Crippen LogP contribution in [0.3, 0.4) is 0 Å². The molecule has 1 aromatic rings. The van der Waals surface area contributed by atoms with E-state index in [4.69, 9.17) is 12.2 Å². The van der Waals surface area contributed by atoms with Crippen molar-refractivity contribution in [2.45, 2.75) is 17.7 Å². The Balaban J connectivity index is 2.05. The Labute approximate surface area is 135 Å². The van der Waals surface area contributed by atoms with Crippen LogP contribution in [0.15, 0.2) is 24.3 Å². The number of nitrogens with zero attached hydrogens (tertiary/aromatic N) is 2. The van der Waals surface area contributed by atoms with E-state index in [1.165, 1.54) is 11.8 Å². The quantitative estimate of drug-likeness (QED) is 0.767. The monoisotopic (exact) mass is 342 g/mol. The number of sulfone groups is 1. The van der Waals surface area contributed by atoms with Crippen LogP contribution in [-0.2, 0) is 9.84 Å². The summed E-state index contributed by atoms with van der Waals surface area (Å²) in [5, 5.41) is 0.0259. The second kappa shape index (κ2) is 4.86. The van der Waals surface area contributed by atoms with Crippen molar-refractivity contribution in [1.82, 2.24) is 0 Å². The first-order valence-electron chi connectivity index (χ1n) is 6.72. The summed E-state index contributed by atoms with van der Waals surface area (Å²) >= 11 is 7.03. The van der Waals surface area contributed by atoms with Crippen molar-refractivity contribution in [3.63, 3.8) is 0 Å². The summed E-state index contributed by atoms with van der Waals surface area (Å²) in [6, 6.07) is 8.07. The molecule has 2 aliphatic rings. The molecule has 2 aliphatic heterocycles. The molecule has 0 bridgehead atoms. The maximum absolute atomic E-state index is 12.0. The normalized spacial score (nSPS) is 30.5. The van der Waals surface area contributed by atoms with E-state index < -0.39 is 15.4 Å². The van der Waals surface area contributed by atoms with Gasteiger partial charge < -0.3 is 9.80 Å². The average molecular weight is 343 g/mol. The van der Waals surface area contributed by atoms with Crippen LogP contribution in [0.1, 0.15) is 6.92 Å². The molecule has 0 aromatic heterocycles. The first kappa shape index (κ1) is 15.1. The molecular weight excluding hydrogens is 324 g/mol. The number of anilines is 2. The van der Waals surface area contributed by atoms with Gasteiger partial charge in [-0.25, -0.2) is 8.42 Å². The van der Waals surface area contributed by atoms with Gasteiger partial charge in [-0.2, -0.15) is 0 Å². The van der Waals surface area contributed by atoms with Gasteiger partial charge in [0.05, 0.1) is 22.3 Å². The van der Waals surface area contributed by atoms with Crippen molar-refractivity contribution in [3.05, 3.63) is 24.3 Å². The smallest absolute Gasteiger partial charge is 0.153 e. The molecule has 0 spiro atoms. The summed E-state index contributed by atoms with van der Waals surface area (Å²) in [6.45, 7) is 2.01. The molecule has 0 radical (unpaired) electrons. The molecule has 0 amide bonds. The van der Waals surface area contributed by atoms with E-state index >= 15 is 0 Å². The van der Waals surface area contributed by atoms with Gasteiger partial charge >= 0.3 is 0 Å². The molecule has 2 heterocycles. The summed E-state index contributed by atoms with van der Waals surface area (Å²) < 4.78 is 24.8. The number of benzene rings is 1. The standard InChI is InChI=1S/C14H18N2O2S3/c1-14-9-21(17,18)8-12(14)20-13(19)16(14)11-6-4-5-10(7-11)15(2)3/h4-7,12H,8-9H2,1-3H3/t12-,14+/m1/s1. The minimum atomic E-state index is -2.99. The summed E-state index contributed by atoms with van der Waals surface area (Å²) in [7, 11) is 0.986. The Bertz CT molecular complexity index is 702. The Kier molecular flexibility index (Phi) is 3.50. The molecule has 0 unspecified atom stereocenters. The fourth-order valence-corrected chi connectivity index (χ4v) is 8.00. The van der Waals surface area contributed by atoms with E-state index in [9.17, 15) is 8.42 Å². The zero-order valence-corrected chi connectivity index (χ0v) is 14.7. The first-order valence-corrected chi connectivity index (χ1v) is 9.82. The number of rotatable bonds is 2. The lowest BCUT2D eigenvalue weighted by Crippen LogP contribution is -2.49. The summed E-state index contributed by atoms with van der Waals surface area (Å²) in [5.41, 5.74) is 1.61. The van der Waals surface area contributed by atoms with Crippen molar-refractivity contribution in [2.24, 2.45) is 0 Å². The van der Waals surface area contributed by atoms with Gasteiger partial charge in [0.1, 0.15) is 4.32 Å². The van der Waals surface area contributed by atoms with Gasteiger partial charge in [0.2, 0.25) is 0 Å². The predicted octanol–water partition coefficient (Wildman–Crippen LogP) is 2.15. The molecule has 114 valence electrons. The second-order valence-corrected chi connectivity index (χ2v) is 9.98. The van der Waals surface area contributed by atoms with Crippen molar-refractivity contribution < 1.29 is 8.42 Å². The first-order chi connectivity index (χ1) is 9.73. The molecule has 1 aromatic carbocycles. The topological polar surface area (TPSA) is 40.6 Å². The van der Waals surface area contributed by atoms with Gasteiger partial charge in [0, 0.05) is 25.5 Å². The third-order valence-electron chi connectivity index (χ3n) is 4.15. The fourth-order valence-electron chi connectivity index (χ4n) is 3.07. The Morgan fingerprint density at radius 1 is 1.43 bits per heavy atom. The molecule has 2 saturated heterocycles. The number of hydrogen-bond acceptors (Lipinski definition) is 5. The minimum absolute atomic E-state index is 0.0259. The van der Waals surface area contributed by atoms with Crippen LogP contribution in [-0.4, -0.2) is 49.1 Å². The fraction of sp³-hybridized carbons (Fsp3) is 0.500. The molecule has 2 atom stereocenters. The van der Waals surface area contributed by atoms with Crippen LogP contribution in [0.25, 0.3) is 0 Å². The van der Waals surface area contributed by atoms with Gasteiger partial charge in [-0.15, -0.1) is 0 Å². The van der Waals surface area contributed by atoms with E-state index in [0.29, 0.717) is 0 Å². The molecular formula is C14H18N2O2S3. The molecule has 0 aliphatic carbocycles. The van der Waals surface area contributed by atoms with Crippen molar-refractivity contribution in [1.29, 1.82) is 0 Å². The van der Waals surface area contributed by atoms with Gasteiger partial charge in [-0.05, 0) is 25.1 Å². The van der Waals surface area contributed by atoms with Crippen LogP contribution >= 0.6 is 24.0 Å². The number of thioether (sulfide) groups is 1. The summed E-state index contributed by atoms with van der Waals surface area (Å²) in [5.74, 6) is 0.391. The van der Waals surface area contributed by atoms with E-state index in [1.807, 2.05) is 49.0 Å². The van der Waals surface area contributed by atoms with Crippen molar-refractivity contribution in [2.75, 3.05) is 35.4 Å². The molecule has 21 heavy (non-hydrogen) atoms. The second-order valence-electron chi connectivity index (χ2n) is 6.03. The van der Waals surface area contributed by atoms with Crippen molar-refractivity contribution >= 4 is 49.5 Å². The van der Waals surface area contributed by atoms with E-state index in [0.717, 1.165) is 15.7 Å². The lowest BCUT2D eigenvalue weighted by atomic mass is 9.98. The average Bonchev–Trinajstić information content (AvgIpc) is 2.72. The molecule has 3 rings (SSSR count). The van der Waals surface area contributed by atoms with Gasteiger partial charge in [-0.3, -0.25) is 0 Å². The maximum Gasteiger partial charge on any atom is 0.153 e. The van der Waals surface area contributed by atoms with Gasteiger partial charge in [0.25, 0.3) is 0 Å². The number of thiocarbonyl (C=S) groups is 1. The highest BCUT2D eigenvalue weighted by molar-refractivity contribution is 8.24. The third-order valence-corrected chi connectivity index (χ3v) is 8.04. The lowest BCUT2D eigenvalue weighted by Gasteiger charge is -2.34. The molecule has 2 fully saturated rings. The Morgan fingerprint density at radius 2 is 2.14 bits per heavy atom. The van der Waals surface area contributed by atoms with Gasteiger partial charge in [-0.1, -0.05) is 30.0 Å². The maximum atomic E-state index is 12.0. The highest BCUT2D eigenvalue weighted by Crippen LogP contribution is 2.48. The third kappa shape index (κ3) is 2.45. The predicted molar refractivity (Wildman–Crippen MR) is 94.3 cm³/mol. The molecule has 0 N–H and O–H groups in total. The molecule has 7 heteroatoms. The van der Waals surface area contributed by atoms with E-state index in [1.54, 1.807) is 0 Å². The van der Waals surface area contributed by atoms with Crippen LogP contribution in [0.5, 0.6) is 0 Å². The minimum Gasteiger partial charge on any atom is -0.378 e. The van der Waals surface area contributed by atoms with E-state index in [2.05, 4.69) is 6.07 Å². The summed E-state index contributed by atoms with van der Waals surface area (Å²) in [6.07, 6.45) is 0. The summed E-state index contributed by atoms with van der Waals surface area (Å²) in [4.78, 5) is 4.07. The largest absolute Gasteiger partial charge is 0.378 e. The van der Waals surface area contributed by atoms with Gasteiger partial charge in [0.15, 0.2) is 9.84 Å². The zero-order chi connectivity index (χ0) is 15.4. The van der Waals surface area contributed by atoms with Crippen LogP contribution in [0.2, 0.25) is 0 Å². The van der Waals surface area contributed by atoms with Crippen LogP contribution in [0.4, 0.5) is 11.4 Å². The highest BCUT2D eigenvalue weighted by atomic mass is 32.2. The zero-order valence-electron chi connectivity index (χ0n) is 12.2. The van der Waals surface area contributed by atoms with Crippen LogP contribution in [0, 0.1) is 0 Å². The molecule has 0 saturated carbocycles. The van der Waals surface area contributed by atoms with E-state index in [-0.39, 0.29) is 16.8 Å². The number of fused-ring (bicyclic) bond motifs is 1. The Morgan fingerprint density at radius 3 is 2.81 bits per heavy atom. The van der Waals surface area contributed by atoms with Crippen LogP contribution < -0.4 is 9.80 Å². The SMILES string of the molecule is CN(C)c1cccc(N2C(=S)S[C@@H]3CS(=O)(=O)C[C@@]32C)c1. The number of hydrogen-bond donors (Lipinski definition) is 0. The molecule has 4 nitrogen and oxygen atoms in total. The Hall–Kier alpha value is -0.790. The van der Waals surface area contributed by atoms with Crippen molar-refractivity contribution in [3.8, 4) is 0 Å². The lowest BCUT2D eigenvalue weighted by molar-refractivity contribution is 0.550. The highest BCUT2D eigenvalue weighted by Gasteiger charge is 2.57.